The highest BCUT2D eigenvalue weighted by molar-refractivity contribution is 5.95. The van der Waals surface area contributed by atoms with E-state index >= 15 is 0 Å². The molecule has 0 saturated carbocycles. The molecule has 1 aliphatic rings. The second-order valence-corrected chi connectivity index (χ2v) is 6.20. The summed E-state index contributed by atoms with van der Waals surface area (Å²) < 4.78 is 10.4. The fraction of sp³-hybridized carbons (Fsp3) is 0.500. The molecule has 24 heavy (non-hydrogen) atoms. The number of H-pyrrole nitrogens is 1. The van der Waals surface area contributed by atoms with Crippen molar-refractivity contribution in [2.45, 2.75) is 25.3 Å². The van der Waals surface area contributed by atoms with Gasteiger partial charge >= 0.3 is 0 Å². The monoisotopic (exact) mass is 331 g/mol. The van der Waals surface area contributed by atoms with Gasteiger partial charge in [0, 0.05) is 38.0 Å². The number of carbonyl (C=O) groups excluding carboxylic acids is 1. The van der Waals surface area contributed by atoms with Gasteiger partial charge in [-0.25, -0.2) is 0 Å². The number of piperidine rings is 1. The predicted molar refractivity (Wildman–Crippen MR) is 91.0 cm³/mol. The van der Waals surface area contributed by atoms with E-state index in [1.165, 1.54) is 0 Å². The van der Waals surface area contributed by atoms with Gasteiger partial charge in [-0.15, -0.1) is 0 Å². The van der Waals surface area contributed by atoms with E-state index < -0.39 is 0 Å². The van der Waals surface area contributed by atoms with Crippen molar-refractivity contribution >= 4 is 5.91 Å². The summed E-state index contributed by atoms with van der Waals surface area (Å²) in [5.74, 6) is 1.05. The average Bonchev–Trinajstić information content (AvgIpc) is 3.29. The van der Waals surface area contributed by atoms with Gasteiger partial charge < -0.3 is 24.4 Å². The number of ether oxygens (including phenoxy) is 1. The molecule has 1 saturated heterocycles. The third kappa shape index (κ3) is 4.07. The molecule has 130 valence electrons. The predicted octanol–water partition coefficient (Wildman–Crippen LogP) is 2.36. The van der Waals surface area contributed by atoms with Gasteiger partial charge in [0.2, 0.25) is 0 Å². The molecule has 2 N–H and O–H groups in total. The molecule has 0 aromatic carbocycles. The molecule has 0 radical (unpaired) electrons. The molecule has 3 heterocycles. The van der Waals surface area contributed by atoms with Gasteiger partial charge in [-0.3, -0.25) is 4.79 Å². The lowest BCUT2D eigenvalue weighted by atomic mass is 9.92. The number of carbonyl (C=O) groups is 1. The number of furan rings is 1. The number of nitrogens with zero attached hydrogens (tertiary/aromatic N) is 1. The van der Waals surface area contributed by atoms with E-state index in [0.717, 1.165) is 56.1 Å². The van der Waals surface area contributed by atoms with Crippen LogP contribution in [0.1, 0.15) is 40.6 Å². The first kappa shape index (κ1) is 16.8. The number of aromatic amines is 1. The lowest BCUT2D eigenvalue weighted by Gasteiger charge is -2.32. The number of rotatable bonds is 7. The molecule has 1 atom stereocenters. The Balaban J connectivity index is 1.62. The highest BCUT2D eigenvalue weighted by Gasteiger charge is 2.25. The van der Waals surface area contributed by atoms with Gasteiger partial charge in [0.25, 0.3) is 5.91 Å². The number of hydrogen-bond donors (Lipinski definition) is 2. The molecule has 2 aromatic heterocycles. The lowest BCUT2D eigenvalue weighted by Crippen LogP contribution is -2.37. The van der Waals surface area contributed by atoms with Crippen LogP contribution in [-0.2, 0) is 11.3 Å². The molecule has 6 heteroatoms. The van der Waals surface area contributed by atoms with Gasteiger partial charge in [0.15, 0.2) is 0 Å². The van der Waals surface area contributed by atoms with Gasteiger partial charge in [-0.1, -0.05) is 0 Å². The summed E-state index contributed by atoms with van der Waals surface area (Å²) in [6.07, 6.45) is 5.70. The number of likely N-dealkylation sites (tertiary alicyclic amines) is 1. The van der Waals surface area contributed by atoms with E-state index in [1.807, 2.05) is 24.4 Å². The van der Waals surface area contributed by atoms with E-state index in [2.05, 4.69) is 15.2 Å². The lowest BCUT2D eigenvalue weighted by molar-refractivity contribution is 0.0944. The first-order valence-corrected chi connectivity index (χ1v) is 8.47. The van der Waals surface area contributed by atoms with Crippen LogP contribution >= 0.6 is 0 Å². The molecule has 0 unspecified atom stereocenters. The van der Waals surface area contributed by atoms with Crippen LogP contribution in [0.4, 0.5) is 0 Å². The van der Waals surface area contributed by atoms with Gasteiger partial charge in [-0.2, -0.15) is 0 Å². The van der Waals surface area contributed by atoms with Crippen molar-refractivity contribution in [3.05, 3.63) is 47.7 Å². The molecule has 0 bridgehead atoms. The highest BCUT2D eigenvalue weighted by atomic mass is 16.5. The van der Waals surface area contributed by atoms with Crippen molar-refractivity contribution < 1.29 is 13.9 Å². The smallest absolute Gasteiger partial charge is 0.253 e. The highest BCUT2D eigenvalue weighted by Crippen LogP contribution is 2.28. The Morgan fingerprint density at radius 1 is 1.50 bits per heavy atom. The maximum Gasteiger partial charge on any atom is 0.253 e. The molecule has 3 rings (SSSR count). The Bertz CT molecular complexity index is 636. The van der Waals surface area contributed by atoms with Gasteiger partial charge in [-0.05, 0) is 37.6 Å². The number of hydrogen-bond acceptors (Lipinski definition) is 4. The number of aromatic nitrogens is 1. The molecule has 1 amide bonds. The Labute approximate surface area is 142 Å². The number of amides is 1. The molecule has 0 aliphatic carbocycles. The fourth-order valence-corrected chi connectivity index (χ4v) is 3.31. The third-order valence-electron chi connectivity index (χ3n) is 4.55. The summed E-state index contributed by atoms with van der Waals surface area (Å²) in [7, 11) is 1.73. The van der Waals surface area contributed by atoms with E-state index in [9.17, 15) is 4.79 Å². The number of methoxy groups -OCH3 is 1. The van der Waals surface area contributed by atoms with E-state index in [0.29, 0.717) is 12.5 Å². The molecule has 0 spiro atoms. The van der Waals surface area contributed by atoms with Crippen LogP contribution in [0.5, 0.6) is 0 Å². The first-order valence-electron chi connectivity index (χ1n) is 8.47. The zero-order chi connectivity index (χ0) is 16.8. The summed E-state index contributed by atoms with van der Waals surface area (Å²) in [5, 5.41) is 2.93. The first-order chi connectivity index (χ1) is 11.8. The summed E-state index contributed by atoms with van der Waals surface area (Å²) in [6.45, 7) is 4.14. The van der Waals surface area contributed by atoms with Crippen molar-refractivity contribution in [3.63, 3.8) is 0 Å². The van der Waals surface area contributed by atoms with Crippen molar-refractivity contribution in [1.29, 1.82) is 0 Å². The van der Waals surface area contributed by atoms with Gasteiger partial charge in [0.05, 0.1) is 25.0 Å². The Morgan fingerprint density at radius 2 is 2.42 bits per heavy atom. The largest absolute Gasteiger partial charge is 0.467 e. The van der Waals surface area contributed by atoms with Crippen LogP contribution < -0.4 is 5.32 Å². The summed E-state index contributed by atoms with van der Waals surface area (Å²) in [6, 6.07) is 5.54. The fourth-order valence-electron chi connectivity index (χ4n) is 3.31. The minimum atomic E-state index is -0.0586. The Hall–Kier alpha value is -2.05. The van der Waals surface area contributed by atoms with Crippen molar-refractivity contribution in [1.82, 2.24) is 15.2 Å². The molecule has 2 aromatic rings. The van der Waals surface area contributed by atoms with Crippen LogP contribution in [0.2, 0.25) is 0 Å². The molecule has 1 fully saturated rings. The zero-order valence-electron chi connectivity index (χ0n) is 14.1. The Kier molecular flexibility index (Phi) is 5.72. The van der Waals surface area contributed by atoms with Crippen molar-refractivity contribution in [2.24, 2.45) is 0 Å². The summed E-state index contributed by atoms with van der Waals surface area (Å²) >= 11 is 0. The maximum atomic E-state index is 12.5. The van der Waals surface area contributed by atoms with Crippen LogP contribution in [0.3, 0.4) is 0 Å². The Morgan fingerprint density at radius 3 is 3.21 bits per heavy atom. The summed E-state index contributed by atoms with van der Waals surface area (Å²) in [5.41, 5.74) is 1.77. The van der Waals surface area contributed by atoms with Crippen LogP contribution in [0, 0.1) is 0 Å². The second kappa shape index (κ2) is 8.17. The van der Waals surface area contributed by atoms with Crippen molar-refractivity contribution in [3.8, 4) is 0 Å². The van der Waals surface area contributed by atoms with Crippen molar-refractivity contribution in [2.75, 3.05) is 33.4 Å². The topological polar surface area (TPSA) is 70.5 Å². The van der Waals surface area contributed by atoms with Crippen LogP contribution in [-0.4, -0.2) is 49.1 Å². The third-order valence-corrected chi connectivity index (χ3v) is 4.55. The zero-order valence-corrected chi connectivity index (χ0v) is 14.1. The minimum absolute atomic E-state index is 0.0586. The molecular formula is C18H25N3O3. The second-order valence-electron chi connectivity index (χ2n) is 6.20. The SMILES string of the molecule is COCCN1CCC[C@H](c2[nH]ccc2C(=O)NCc2ccco2)C1. The maximum absolute atomic E-state index is 12.5. The normalized spacial score (nSPS) is 18.6. The van der Waals surface area contributed by atoms with E-state index in [1.54, 1.807) is 13.4 Å². The summed E-state index contributed by atoms with van der Waals surface area (Å²) in [4.78, 5) is 18.2. The van der Waals surface area contributed by atoms with Crippen LogP contribution in [0.25, 0.3) is 0 Å². The molecular weight excluding hydrogens is 306 g/mol. The van der Waals surface area contributed by atoms with E-state index in [4.69, 9.17) is 9.15 Å². The van der Waals surface area contributed by atoms with Gasteiger partial charge in [0.1, 0.15) is 5.76 Å². The minimum Gasteiger partial charge on any atom is -0.467 e. The number of nitrogens with one attached hydrogen (secondary N) is 2. The standard InChI is InChI=1S/C18H25N3O3/c1-23-11-9-21-8-2-4-14(13-21)17-16(6-7-19-17)18(22)20-12-15-5-3-10-24-15/h3,5-7,10,14,19H,2,4,8-9,11-13H2,1H3,(H,20,22)/t14-/m0/s1. The molecule has 1 aliphatic heterocycles. The van der Waals surface area contributed by atoms with Crippen LogP contribution in [0.15, 0.2) is 35.1 Å². The van der Waals surface area contributed by atoms with E-state index in [-0.39, 0.29) is 5.91 Å². The molecule has 6 nitrogen and oxygen atoms in total. The average molecular weight is 331 g/mol. The quantitative estimate of drug-likeness (QED) is 0.817.